The monoisotopic (exact) mass is 428 g/mol. The van der Waals surface area contributed by atoms with E-state index in [2.05, 4.69) is 10.3 Å². The van der Waals surface area contributed by atoms with Gasteiger partial charge in [-0.2, -0.15) is 0 Å². The molecule has 1 spiro atoms. The number of rotatable bonds is 4. The van der Waals surface area contributed by atoms with Crippen LogP contribution in [-0.4, -0.2) is 30.9 Å². The third-order valence-corrected chi connectivity index (χ3v) is 6.86. The number of anilines is 1. The van der Waals surface area contributed by atoms with Gasteiger partial charge in [0.15, 0.2) is 0 Å². The summed E-state index contributed by atoms with van der Waals surface area (Å²) in [6, 6.07) is 19.1. The Balaban J connectivity index is 1.73. The molecule has 6 nitrogen and oxygen atoms in total. The molecule has 0 bridgehead atoms. The number of nitrogens with one attached hydrogen (secondary N) is 1. The minimum Gasteiger partial charge on any atom is -0.497 e. The highest BCUT2D eigenvalue weighted by Crippen LogP contribution is 2.59. The van der Waals surface area contributed by atoms with E-state index in [0.29, 0.717) is 18.7 Å². The van der Waals surface area contributed by atoms with Crippen LogP contribution < -0.4 is 14.8 Å². The third kappa shape index (κ3) is 2.98. The molecule has 1 saturated carbocycles. The van der Waals surface area contributed by atoms with Gasteiger partial charge in [-0.1, -0.05) is 30.3 Å². The molecule has 2 atom stereocenters. The van der Waals surface area contributed by atoms with E-state index in [0.717, 1.165) is 28.2 Å². The van der Waals surface area contributed by atoms with Crippen LogP contribution in [0.5, 0.6) is 11.5 Å². The number of fused-ring (bicyclic) bond motifs is 2. The zero-order valence-electron chi connectivity index (χ0n) is 18.0. The fourth-order valence-electron chi connectivity index (χ4n) is 5.40. The average Bonchev–Trinajstić information content (AvgIpc) is 3.12. The predicted molar refractivity (Wildman–Crippen MR) is 120 cm³/mol. The van der Waals surface area contributed by atoms with Gasteiger partial charge in [0.1, 0.15) is 23.1 Å². The van der Waals surface area contributed by atoms with Crippen LogP contribution in [0.25, 0.3) is 0 Å². The van der Waals surface area contributed by atoms with Gasteiger partial charge in [-0.15, -0.1) is 0 Å². The summed E-state index contributed by atoms with van der Waals surface area (Å²) in [5.41, 5.74) is 1.77. The summed E-state index contributed by atoms with van der Waals surface area (Å²) in [5.74, 6) is 1.41. The first-order valence-corrected chi connectivity index (χ1v) is 10.6. The molecule has 1 aromatic heterocycles. The highest BCUT2D eigenvalue weighted by atomic mass is 16.5. The van der Waals surface area contributed by atoms with Gasteiger partial charge in [0, 0.05) is 36.4 Å². The van der Waals surface area contributed by atoms with Crippen molar-refractivity contribution >= 4 is 17.5 Å². The lowest BCUT2D eigenvalue weighted by Gasteiger charge is -2.45. The fraction of sp³-hybridized carbons (Fsp3) is 0.269. The van der Waals surface area contributed by atoms with Crippen LogP contribution in [0.3, 0.4) is 0 Å². The number of pyridine rings is 1. The van der Waals surface area contributed by atoms with Gasteiger partial charge in [-0.25, -0.2) is 4.98 Å². The first-order chi connectivity index (χ1) is 15.6. The van der Waals surface area contributed by atoms with Crippen molar-refractivity contribution in [3.05, 3.63) is 83.6 Å². The van der Waals surface area contributed by atoms with Crippen LogP contribution in [0.4, 0.5) is 5.82 Å². The van der Waals surface area contributed by atoms with Crippen LogP contribution in [0.15, 0.2) is 66.9 Å². The van der Waals surface area contributed by atoms with E-state index in [4.69, 9.17) is 9.47 Å². The Morgan fingerprint density at radius 1 is 0.844 bits per heavy atom. The summed E-state index contributed by atoms with van der Waals surface area (Å²) < 4.78 is 10.6. The number of Topliss-reactive ketones (excluding diaryl/α,β-unsaturated/α-hetero) is 1. The van der Waals surface area contributed by atoms with Gasteiger partial charge in [0.25, 0.3) is 0 Å². The molecule has 2 aliphatic rings. The number of methoxy groups -OCH3 is 2. The number of ketones is 1. The Morgan fingerprint density at radius 2 is 1.38 bits per heavy atom. The van der Waals surface area contributed by atoms with Crippen LogP contribution in [0.2, 0.25) is 0 Å². The zero-order valence-corrected chi connectivity index (χ0v) is 18.0. The molecule has 2 heterocycles. The van der Waals surface area contributed by atoms with Gasteiger partial charge >= 0.3 is 0 Å². The average molecular weight is 428 g/mol. The maximum atomic E-state index is 13.8. The maximum absolute atomic E-state index is 13.8. The Hall–Kier alpha value is -3.67. The van der Waals surface area contributed by atoms with Gasteiger partial charge in [-0.3, -0.25) is 9.59 Å². The van der Waals surface area contributed by atoms with Crippen molar-refractivity contribution in [3.8, 4) is 11.5 Å². The number of nitrogens with zero attached hydrogens (tertiary/aromatic N) is 1. The maximum Gasteiger partial charge on any atom is 0.237 e. The molecule has 0 saturated heterocycles. The SMILES string of the molecule is COc1ccc(C2CC(=O)CC(c3ccc(OC)cc3)C23C(=O)Nc2ncccc23)cc1. The molecule has 162 valence electrons. The van der Waals surface area contributed by atoms with Crippen molar-refractivity contribution in [1.82, 2.24) is 4.98 Å². The van der Waals surface area contributed by atoms with E-state index >= 15 is 0 Å². The standard InChI is InChI=1S/C26H24N2O4/c1-31-19-9-5-16(6-10-19)22-14-18(29)15-23(17-7-11-20(32-2)12-8-17)26(22)21-4-3-13-27-24(21)28-25(26)30/h3-13,22-23H,14-15H2,1-2H3,(H,27,28,30). The molecule has 1 N–H and O–H groups in total. The number of hydrogen-bond donors (Lipinski definition) is 1. The molecule has 2 aromatic carbocycles. The minimum absolute atomic E-state index is 0.111. The second kappa shape index (κ2) is 7.79. The predicted octanol–water partition coefficient (Wildman–Crippen LogP) is 4.22. The highest BCUT2D eigenvalue weighted by molar-refractivity contribution is 6.08. The van der Waals surface area contributed by atoms with Crippen molar-refractivity contribution in [3.63, 3.8) is 0 Å². The van der Waals surface area contributed by atoms with E-state index in [1.165, 1.54) is 0 Å². The number of hydrogen-bond acceptors (Lipinski definition) is 5. The Bertz CT molecular complexity index is 1110. The topological polar surface area (TPSA) is 77.5 Å². The first-order valence-electron chi connectivity index (χ1n) is 10.6. The molecule has 6 heteroatoms. The van der Waals surface area contributed by atoms with E-state index in [1.54, 1.807) is 20.4 Å². The summed E-state index contributed by atoms with van der Waals surface area (Å²) >= 11 is 0. The number of carbonyl (C=O) groups excluding carboxylic acids is 2. The Labute approximate surface area is 186 Å². The van der Waals surface area contributed by atoms with Gasteiger partial charge in [-0.05, 0) is 41.5 Å². The summed E-state index contributed by atoms with van der Waals surface area (Å²) in [6.45, 7) is 0. The van der Waals surface area contributed by atoms with E-state index in [-0.39, 0.29) is 23.5 Å². The fourth-order valence-corrected chi connectivity index (χ4v) is 5.40. The first kappa shape index (κ1) is 20.2. The molecule has 1 aliphatic carbocycles. The van der Waals surface area contributed by atoms with Crippen molar-refractivity contribution in [2.45, 2.75) is 30.1 Å². The summed E-state index contributed by atoms with van der Waals surface area (Å²) in [5, 5.41) is 3.01. The van der Waals surface area contributed by atoms with Crippen molar-refractivity contribution in [2.24, 2.45) is 0 Å². The van der Waals surface area contributed by atoms with Crippen LogP contribution in [0, 0.1) is 0 Å². The van der Waals surface area contributed by atoms with E-state index in [9.17, 15) is 9.59 Å². The Kier molecular flexibility index (Phi) is 4.93. The van der Waals surface area contributed by atoms with E-state index < -0.39 is 5.41 Å². The van der Waals surface area contributed by atoms with Crippen LogP contribution in [-0.2, 0) is 15.0 Å². The summed E-state index contributed by atoms with van der Waals surface area (Å²) in [6.07, 6.45) is 2.26. The molecule has 1 fully saturated rings. The quantitative estimate of drug-likeness (QED) is 0.673. The van der Waals surface area contributed by atoms with Crippen LogP contribution >= 0.6 is 0 Å². The molecule has 2 unspecified atom stereocenters. The number of amides is 1. The molecule has 32 heavy (non-hydrogen) atoms. The lowest BCUT2D eigenvalue weighted by atomic mass is 9.54. The van der Waals surface area contributed by atoms with Gasteiger partial charge in [0.2, 0.25) is 5.91 Å². The lowest BCUT2D eigenvalue weighted by Crippen LogP contribution is -2.50. The molecule has 0 radical (unpaired) electrons. The lowest BCUT2D eigenvalue weighted by molar-refractivity contribution is -0.128. The number of benzene rings is 2. The molecule has 3 aromatic rings. The molecular formula is C26H24N2O4. The number of carbonyl (C=O) groups is 2. The number of ether oxygens (including phenoxy) is 2. The second-order valence-electron chi connectivity index (χ2n) is 8.32. The largest absolute Gasteiger partial charge is 0.497 e. The van der Waals surface area contributed by atoms with Crippen LogP contribution in [0.1, 0.15) is 41.4 Å². The van der Waals surface area contributed by atoms with Gasteiger partial charge in [0.05, 0.1) is 19.6 Å². The number of aromatic nitrogens is 1. The van der Waals surface area contributed by atoms with E-state index in [1.807, 2.05) is 60.7 Å². The molecular weight excluding hydrogens is 404 g/mol. The Morgan fingerprint density at radius 3 is 1.88 bits per heavy atom. The molecule has 5 rings (SSSR count). The summed E-state index contributed by atoms with van der Waals surface area (Å²) in [4.78, 5) is 31.3. The van der Waals surface area contributed by atoms with Crippen molar-refractivity contribution in [1.29, 1.82) is 0 Å². The second-order valence-corrected chi connectivity index (χ2v) is 8.32. The highest BCUT2D eigenvalue weighted by Gasteiger charge is 2.61. The van der Waals surface area contributed by atoms with Crippen molar-refractivity contribution < 1.29 is 19.1 Å². The molecule has 1 aliphatic heterocycles. The smallest absolute Gasteiger partial charge is 0.237 e. The summed E-state index contributed by atoms with van der Waals surface area (Å²) in [7, 11) is 3.24. The molecule has 1 amide bonds. The third-order valence-electron chi connectivity index (χ3n) is 6.86. The van der Waals surface area contributed by atoms with Gasteiger partial charge < -0.3 is 14.8 Å². The minimum atomic E-state index is -0.944. The normalized spacial score (nSPS) is 24.2. The zero-order chi connectivity index (χ0) is 22.3. The van der Waals surface area contributed by atoms with Crippen molar-refractivity contribution in [2.75, 3.05) is 19.5 Å².